The Balaban J connectivity index is 2.92. The van der Waals surface area contributed by atoms with Gasteiger partial charge >= 0.3 is 0 Å². The second-order valence-electron chi connectivity index (χ2n) is 6.14. The maximum atomic E-state index is 10.5. The average molecular weight is 488 g/mol. The number of hydrogen-bond donors (Lipinski definition) is 3. The van der Waals surface area contributed by atoms with Crippen molar-refractivity contribution in [1.29, 1.82) is 0 Å². The third-order valence-corrected chi connectivity index (χ3v) is 5.05. The van der Waals surface area contributed by atoms with E-state index in [1.165, 1.54) is 12.7 Å². The van der Waals surface area contributed by atoms with E-state index >= 15 is 0 Å². The van der Waals surface area contributed by atoms with Crippen LogP contribution < -0.4 is 4.74 Å². The molecule has 0 heterocycles. The molecule has 0 radical (unpaired) electrons. The lowest BCUT2D eigenvalue weighted by Gasteiger charge is -2.18. The highest BCUT2D eigenvalue weighted by Crippen LogP contribution is 2.33. The SMILES string of the molecule is C=C(COC)/C(=C/CO)C(O)CC/C(=C/c1cc(I)c(O)c(OC)c1)CC. The van der Waals surface area contributed by atoms with Gasteiger partial charge in [0.15, 0.2) is 11.5 Å². The molecule has 0 saturated heterocycles. The van der Waals surface area contributed by atoms with Crippen molar-refractivity contribution in [3.05, 3.63) is 50.6 Å². The maximum absolute atomic E-state index is 10.5. The molecule has 6 heteroatoms. The summed E-state index contributed by atoms with van der Waals surface area (Å²) < 4.78 is 11.0. The topological polar surface area (TPSA) is 79.2 Å². The van der Waals surface area contributed by atoms with E-state index in [1.807, 2.05) is 6.07 Å². The summed E-state index contributed by atoms with van der Waals surface area (Å²) in [7, 11) is 3.09. The molecule has 0 saturated carbocycles. The first-order chi connectivity index (χ1) is 12.9. The number of benzene rings is 1. The molecular formula is C21H29IO5. The molecule has 1 atom stereocenters. The monoisotopic (exact) mass is 488 g/mol. The van der Waals surface area contributed by atoms with Crippen molar-refractivity contribution in [3.8, 4) is 11.5 Å². The van der Waals surface area contributed by atoms with Crippen LogP contribution in [-0.2, 0) is 4.74 Å². The summed E-state index contributed by atoms with van der Waals surface area (Å²) in [4.78, 5) is 0. The number of ether oxygens (including phenoxy) is 2. The lowest BCUT2D eigenvalue weighted by Crippen LogP contribution is -2.15. The number of aliphatic hydroxyl groups is 2. The Hall–Kier alpha value is -1.35. The van der Waals surface area contributed by atoms with Gasteiger partial charge in [0.2, 0.25) is 0 Å². The van der Waals surface area contributed by atoms with Crippen molar-refractivity contribution in [2.75, 3.05) is 27.4 Å². The van der Waals surface area contributed by atoms with Crippen LogP contribution in [0.4, 0.5) is 0 Å². The molecule has 0 fully saturated rings. The van der Waals surface area contributed by atoms with Gasteiger partial charge in [0.25, 0.3) is 0 Å². The van der Waals surface area contributed by atoms with Crippen molar-refractivity contribution < 1.29 is 24.8 Å². The van der Waals surface area contributed by atoms with Crippen LogP contribution in [0.5, 0.6) is 11.5 Å². The van der Waals surface area contributed by atoms with E-state index in [0.29, 0.717) is 36.3 Å². The number of halogens is 1. The van der Waals surface area contributed by atoms with Crippen LogP contribution in [0, 0.1) is 3.57 Å². The highest BCUT2D eigenvalue weighted by atomic mass is 127. The number of rotatable bonds is 11. The zero-order chi connectivity index (χ0) is 20.4. The summed E-state index contributed by atoms with van der Waals surface area (Å²) in [6, 6.07) is 3.68. The Bertz CT molecular complexity index is 694. The number of phenols is 1. The van der Waals surface area contributed by atoms with Crippen LogP contribution in [0.1, 0.15) is 31.7 Å². The Labute approximate surface area is 175 Å². The van der Waals surface area contributed by atoms with E-state index in [4.69, 9.17) is 9.47 Å². The maximum Gasteiger partial charge on any atom is 0.171 e. The fourth-order valence-electron chi connectivity index (χ4n) is 2.77. The Morgan fingerprint density at radius 2 is 2.04 bits per heavy atom. The Morgan fingerprint density at radius 1 is 1.33 bits per heavy atom. The third kappa shape index (κ3) is 7.29. The van der Waals surface area contributed by atoms with Gasteiger partial charge < -0.3 is 24.8 Å². The summed E-state index contributed by atoms with van der Waals surface area (Å²) >= 11 is 2.07. The van der Waals surface area contributed by atoms with Gasteiger partial charge in [-0.05, 0) is 70.7 Å². The normalized spacial score (nSPS) is 13.6. The van der Waals surface area contributed by atoms with Crippen molar-refractivity contribution in [2.45, 2.75) is 32.3 Å². The van der Waals surface area contributed by atoms with Gasteiger partial charge in [0.05, 0.1) is 30.0 Å². The van der Waals surface area contributed by atoms with Crippen molar-refractivity contribution in [1.82, 2.24) is 0 Å². The number of phenolic OH excluding ortho intramolecular Hbond substituents is 1. The molecule has 0 aliphatic carbocycles. The molecule has 0 aliphatic heterocycles. The first kappa shape index (κ1) is 23.7. The third-order valence-electron chi connectivity index (χ3n) is 4.23. The second-order valence-corrected chi connectivity index (χ2v) is 7.31. The van der Waals surface area contributed by atoms with E-state index in [0.717, 1.165) is 15.6 Å². The van der Waals surface area contributed by atoms with Crippen molar-refractivity contribution in [2.24, 2.45) is 0 Å². The summed E-state index contributed by atoms with van der Waals surface area (Å²) in [5.41, 5.74) is 3.39. The van der Waals surface area contributed by atoms with E-state index in [-0.39, 0.29) is 12.4 Å². The largest absolute Gasteiger partial charge is 0.504 e. The first-order valence-corrected chi connectivity index (χ1v) is 9.87. The van der Waals surface area contributed by atoms with E-state index in [1.54, 1.807) is 19.3 Å². The van der Waals surface area contributed by atoms with E-state index in [2.05, 4.69) is 42.2 Å². The van der Waals surface area contributed by atoms with Gasteiger partial charge in [-0.15, -0.1) is 0 Å². The average Bonchev–Trinajstić information content (AvgIpc) is 2.65. The van der Waals surface area contributed by atoms with Crippen molar-refractivity contribution in [3.63, 3.8) is 0 Å². The molecule has 1 rings (SSSR count). The van der Waals surface area contributed by atoms with Crippen LogP contribution in [0.25, 0.3) is 6.08 Å². The van der Waals surface area contributed by atoms with Gasteiger partial charge in [0.1, 0.15) is 0 Å². The minimum atomic E-state index is -0.718. The number of methoxy groups -OCH3 is 2. The Kier molecular flexibility index (Phi) is 10.7. The first-order valence-electron chi connectivity index (χ1n) is 8.79. The molecule has 150 valence electrons. The zero-order valence-corrected chi connectivity index (χ0v) is 18.3. The Morgan fingerprint density at radius 3 is 2.59 bits per heavy atom. The van der Waals surface area contributed by atoms with Gasteiger partial charge in [-0.2, -0.15) is 0 Å². The van der Waals surface area contributed by atoms with Crippen LogP contribution in [-0.4, -0.2) is 48.9 Å². The quantitative estimate of drug-likeness (QED) is 0.324. The predicted molar refractivity (Wildman–Crippen MR) is 117 cm³/mol. The molecule has 1 aromatic carbocycles. The number of allylic oxidation sites excluding steroid dienone is 1. The predicted octanol–water partition coefficient (Wildman–Crippen LogP) is 4.06. The van der Waals surface area contributed by atoms with Gasteiger partial charge in [-0.1, -0.05) is 31.2 Å². The molecular weight excluding hydrogens is 459 g/mol. The molecule has 27 heavy (non-hydrogen) atoms. The number of aliphatic hydroxyl groups excluding tert-OH is 2. The highest BCUT2D eigenvalue weighted by Gasteiger charge is 2.15. The van der Waals surface area contributed by atoms with Crippen LogP contribution in [0.2, 0.25) is 0 Å². The molecule has 0 aliphatic rings. The molecule has 0 aromatic heterocycles. The van der Waals surface area contributed by atoms with E-state index < -0.39 is 6.10 Å². The standard InChI is InChI=1S/C21H29IO5/c1-5-15(10-16-11-18(22)21(25)20(12-16)27-4)6-7-19(24)17(8-9-23)14(2)13-26-3/h8,10-12,19,23-25H,2,5-7,9,13H2,1,3-4H3/b15-10+,17-8-. The molecule has 0 spiro atoms. The van der Waals surface area contributed by atoms with Crippen LogP contribution in [0.3, 0.4) is 0 Å². The molecule has 0 amide bonds. The van der Waals surface area contributed by atoms with Crippen molar-refractivity contribution >= 4 is 28.7 Å². The van der Waals surface area contributed by atoms with Crippen LogP contribution >= 0.6 is 22.6 Å². The second kappa shape index (κ2) is 12.2. The summed E-state index contributed by atoms with van der Waals surface area (Å²) in [6.07, 6.45) is 4.96. The number of aromatic hydroxyl groups is 1. The minimum Gasteiger partial charge on any atom is -0.504 e. The zero-order valence-electron chi connectivity index (χ0n) is 16.2. The number of hydrogen-bond acceptors (Lipinski definition) is 5. The highest BCUT2D eigenvalue weighted by molar-refractivity contribution is 14.1. The summed E-state index contributed by atoms with van der Waals surface area (Å²) in [5.74, 6) is 0.576. The molecule has 0 bridgehead atoms. The minimum absolute atomic E-state index is 0.138. The smallest absolute Gasteiger partial charge is 0.171 e. The molecule has 1 aromatic rings. The lowest BCUT2D eigenvalue weighted by molar-refractivity contribution is 0.189. The lowest BCUT2D eigenvalue weighted by atomic mass is 9.95. The fraction of sp³-hybridized carbons (Fsp3) is 0.429. The van der Waals surface area contributed by atoms with Gasteiger partial charge in [0, 0.05) is 7.11 Å². The fourth-order valence-corrected chi connectivity index (χ4v) is 3.39. The molecule has 5 nitrogen and oxygen atoms in total. The summed E-state index contributed by atoms with van der Waals surface area (Å²) in [6.45, 7) is 6.14. The van der Waals surface area contributed by atoms with Gasteiger partial charge in [-0.3, -0.25) is 0 Å². The van der Waals surface area contributed by atoms with Crippen LogP contribution in [0.15, 0.2) is 41.5 Å². The van der Waals surface area contributed by atoms with Gasteiger partial charge in [-0.25, -0.2) is 0 Å². The molecule has 3 N–H and O–H groups in total. The molecule has 1 unspecified atom stereocenters. The van der Waals surface area contributed by atoms with E-state index in [9.17, 15) is 15.3 Å². The summed E-state index contributed by atoms with van der Waals surface area (Å²) in [5, 5.41) is 29.7.